The highest BCUT2D eigenvalue weighted by Gasteiger charge is 2.63. The van der Waals surface area contributed by atoms with E-state index in [-0.39, 0.29) is 0 Å². The van der Waals surface area contributed by atoms with Gasteiger partial charge in [-0.15, -0.1) is 0 Å². The lowest BCUT2D eigenvalue weighted by molar-refractivity contribution is 0.106. The summed E-state index contributed by atoms with van der Waals surface area (Å²) >= 11 is 3.40. The van der Waals surface area contributed by atoms with Crippen LogP contribution >= 0.6 is 15.9 Å². The largest absolute Gasteiger partial charge is 0.491 e. The third-order valence-corrected chi connectivity index (χ3v) is 5.78. The predicted octanol–water partition coefficient (Wildman–Crippen LogP) is 3.46. The second kappa shape index (κ2) is 6.27. The van der Waals surface area contributed by atoms with Crippen molar-refractivity contribution in [3.63, 3.8) is 0 Å². The van der Waals surface area contributed by atoms with Crippen molar-refractivity contribution in [3.8, 4) is 5.75 Å². The molecule has 4 heteroatoms. The molecule has 1 aromatic carbocycles. The van der Waals surface area contributed by atoms with E-state index in [2.05, 4.69) is 48.9 Å². The van der Waals surface area contributed by atoms with Gasteiger partial charge in [0.1, 0.15) is 18.5 Å². The van der Waals surface area contributed by atoms with E-state index in [4.69, 9.17) is 4.74 Å². The summed E-state index contributed by atoms with van der Waals surface area (Å²) < 4.78 is 6.56. The minimum atomic E-state index is -0.492. The molecule has 0 bridgehead atoms. The number of aliphatic hydroxyl groups is 1. The highest BCUT2D eigenvalue weighted by Crippen LogP contribution is 2.67. The highest BCUT2D eigenvalue weighted by atomic mass is 79.9. The maximum atomic E-state index is 9.97. The molecule has 0 spiro atoms. The van der Waals surface area contributed by atoms with Crippen LogP contribution in [0.1, 0.15) is 27.7 Å². The molecule has 2 rings (SSSR count). The summed E-state index contributed by atoms with van der Waals surface area (Å²) in [5.41, 5.74) is 0.773. The van der Waals surface area contributed by atoms with Crippen LogP contribution in [-0.4, -0.2) is 30.9 Å². The summed E-state index contributed by atoms with van der Waals surface area (Å²) in [6.07, 6.45) is -0.492. The number of ether oxygens (including phenoxy) is 1. The van der Waals surface area contributed by atoms with Crippen molar-refractivity contribution in [2.45, 2.75) is 33.8 Å². The molecular formula is C17H26BrNO2. The molecule has 0 saturated heterocycles. The first kappa shape index (κ1) is 16.8. The molecule has 1 atom stereocenters. The Kier molecular flexibility index (Phi) is 5.01. The summed E-state index contributed by atoms with van der Waals surface area (Å²) in [6.45, 7) is 11.1. The number of halogens is 1. The fourth-order valence-electron chi connectivity index (χ4n) is 3.05. The van der Waals surface area contributed by atoms with Crippen LogP contribution in [0.4, 0.5) is 0 Å². The Bertz CT molecular complexity index is 473. The molecule has 0 radical (unpaired) electrons. The zero-order valence-electron chi connectivity index (χ0n) is 13.3. The molecule has 0 amide bonds. The molecule has 3 nitrogen and oxygen atoms in total. The number of aliphatic hydroxyl groups excluding tert-OH is 1. The fourth-order valence-corrected chi connectivity index (χ4v) is 3.42. The first-order valence-corrected chi connectivity index (χ1v) is 8.31. The molecule has 1 aromatic rings. The number of hydrogen-bond acceptors (Lipinski definition) is 3. The molecule has 118 valence electrons. The first-order chi connectivity index (χ1) is 9.75. The Morgan fingerprint density at radius 2 is 1.95 bits per heavy atom. The molecular weight excluding hydrogens is 330 g/mol. The zero-order valence-corrected chi connectivity index (χ0v) is 14.9. The molecule has 0 heterocycles. The standard InChI is InChI=1S/C17H26BrNO2/c1-16(2)15(17(16,3)4)10-19-9-13(20)11-21-14-7-5-6-12(18)8-14/h5-8,13,15,19-20H,9-11H2,1-4H3. The first-order valence-electron chi connectivity index (χ1n) is 7.52. The van der Waals surface area contributed by atoms with Crippen molar-refractivity contribution in [1.29, 1.82) is 0 Å². The van der Waals surface area contributed by atoms with Crippen molar-refractivity contribution < 1.29 is 9.84 Å². The fraction of sp³-hybridized carbons (Fsp3) is 0.647. The second-order valence-electron chi connectivity index (χ2n) is 7.08. The van der Waals surface area contributed by atoms with Crippen molar-refractivity contribution in [2.75, 3.05) is 19.7 Å². The van der Waals surface area contributed by atoms with Gasteiger partial charge >= 0.3 is 0 Å². The van der Waals surface area contributed by atoms with E-state index >= 15 is 0 Å². The predicted molar refractivity (Wildman–Crippen MR) is 89.6 cm³/mol. The SMILES string of the molecule is CC1(C)C(CNCC(O)COc2cccc(Br)c2)C1(C)C. The Morgan fingerprint density at radius 3 is 2.52 bits per heavy atom. The summed E-state index contributed by atoms with van der Waals surface area (Å²) in [5.74, 6) is 1.44. The van der Waals surface area contributed by atoms with E-state index in [0.29, 0.717) is 29.9 Å². The molecule has 1 aliphatic carbocycles. The van der Waals surface area contributed by atoms with E-state index in [1.807, 2.05) is 24.3 Å². The topological polar surface area (TPSA) is 41.5 Å². The average molecular weight is 356 g/mol. The van der Waals surface area contributed by atoms with Gasteiger partial charge in [0.15, 0.2) is 0 Å². The van der Waals surface area contributed by atoms with E-state index < -0.39 is 6.10 Å². The summed E-state index contributed by atoms with van der Waals surface area (Å²) in [7, 11) is 0. The van der Waals surface area contributed by atoms with Crippen LogP contribution in [-0.2, 0) is 0 Å². The molecule has 1 fully saturated rings. The minimum absolute atomic E-state index is 0.306. The van der Waals surface area contributed by atoms with Gasteiger partial charge in [0.25, 0.3) is 0 Å². The van der Waals surface area contributed by atoms with Crippen molar-refractivity contribution in [1.82, 2.24) is 5.32 Å². The van der Waals surface area contributed by atoms with Crippen LogP contribution < -0.4 is 10.1 Å². The molecule has 2 N–H and O–H groups in total. The van der Waals surface area contributed by atoms with Gasteiger partial charge in [-0.3, -0.25) is 0 Å². The van der Waals surface area contributed by atoms with Crippen molar-refractivity contribution in [2.24, 2.45) is 16.7 Å². The molecule has 21 heavy (non-hydrogen) atoms. The van der Waals surface area contributed by atoms with Crippen LogP contribution in [0, 0.1) is 16.7 Å². The third-order valence-electron chi connectivity index (χ3n) is 5.29. The molecule has 0 aromatic heterocycles. The number of nitrogens with one attached hydrogen (secondary N) is 1. The number of hydrogen-bond donors (Lipinski definition) is 2. The van der Waals surface area contributed by atoms with E-state index in [0.717, 1.165) is 16.8 Å². The maximum Gasteiger partial charge on any atom is 0.120 e. The van der Waals surface area contributed by atoms with Gasteiger partial charge in [-0.1, -0.05) is 49.7 Å². The van der Waals surface area contributed by atoms with Gasteiger partial charge in [-0.2, -0.15) is 0 Å². The summed E-state index contributed by atoms with van der Waals surface area (Å²) in [4.78, 5) is 0. The zero-order chi connectivity index (χ0) is 15.7. The lowest BCUT2D eigenvalue weighted by Gasteiger charge is -2.14. The Labute approximate surface area is 136 Å². The van der Waals surface area contributed by atoms with Crippen molar-refractivity contribution >= 4 is 15.9 Å². The molecule has 0 aliphatic heterocycles. The van der Waals surface area contributed by atoms with Gasteiger partial charge < -0.3 is 15.2 Å². The molecule has 1 aliphatic rings. The van der Waals surface area contributed by atoms with E-state index in [1.54, 1.807) is 0 Å². The smallest absolute Gasteiger partial charge is 0.120 e. The van der Waals surface area contributed by atoms with E-state index in [9.17, 15) is 5.11 Å². The maximum absolute atomic E-state index is 9.97. The van der Waals surface area contributed by atoms with Gasteiger partial charge in [0, 0.05) is 11.0 Å². The highest BCUT2D eigenvalue weighted by molar-refractivity contribution is 9.10. The van der Waals surface area contributed by atoms with Crippen LogP contribution in [0.25, 0.3) is 0 Å². The number of rotatable bonds is 7. The van der Waals surface area contributed by atoms with Crippen LogP contribution in [0.15, 0.2) is 28.7 Å². The summed E-state index contributed by atoms with van der Waals surface area (Å²) in [6, 6.07) is 7.65. The third kappa shape index (κ3) is 3.79. The molecule has 1 saturated carbocycles. The Hall–Kier alpha value is -0.580. The van der Waals surface area contributed by atoms with Gasteiger partial charge in [-0.25, -0.2) is 0 Å². The lowest BCUT2D eigenvalue weighted by Crippen LogP contribution is -2.33. The summed E-state index contributed by atoms with van der Waals surface area (Å²) in [5, 5.41) is 13.3. The quantitative estimate of drug-likeness (QED) is 0.786. The lowest BCUT2D eigenvalue weighted by atomic mass is 10.0. The van der Waals surface area contributed by atoms with Crippen LogP contribution in [0.5, 0.6) is 5.75 Å². The second-order valence-corrected chi connectivity index (χ2v) is 7.99. The van der Waals surface area contributed by atoms with Gasteiger partial charge in [0.05, 0.1) is 0 Å². The Morgan fingerprint density at radius 1 is 1.29 bits per heavy atom. The Balaban J connectivity index is 1.66. The van der Waals surface area contributed by atoms with Gasteiger partial charge in [-0.05, 0) is 41.5 Å². The van der Waals surface area contributed by atoms with Crippen LogP contribution in [0.2, 0.25) is 0 Å². The van der Waals surface area contributed by atoms with Gasteiger partial charge in [0.2, 0.25) is 0 Å². The van der Waals surface area contributed by atoms with Crippen molar-refractivity contribution in [3.05, 3.63) is 28.7 Å². The van der Waals surface area contributed by atoms with Crippen LogP contribution in [0.3, 0.4) is 0 Å². The number of benzene rings is 1. The normalized spacial score (nSPS) is 21.0. The minimum Gasteiger partial charge on any atom is -0.491 e. The average Bonchev–Trinajstić information content (AvgIpc) is 2.79. The molecule has 1 unspecified atom stereocenters. The van der Waals surface area contributed by atoms with E-state index in [1.165, 1.54) is 0 Å². The monoisotopic (exact) mass is 355 g/mol.